The molecule has 0 bridgehead atoms. The Morgan fingerprint density at radius 2 is 1.79 bits per heavy atom. The number of urea groups is 1. The predicted molar refractivity (Wildman–Crippen MR) is 103 cm³/mol. The molecule has 1 fully saturated rings. The summed E-state index contributed by atoms with van der Waals surface area (Å²) in [6.45, 7) is 2.26. The molecule has 0 radical (unpaired) electrons. The molecule has 0 aromatic heterocycles. The second kappa shape index (κ2) is 7.28. The molecule has 3 amide bonds. The second-order valence-corrected chi connectivity index (χ2v) is 8.30. The number of aliphatic imine (C=N–C) groups is 1. The van der Waals surface area contributed by atoms with Gasteiger partial charge in [0.25, 0.3) is 11.7 Å². The van der Waals surface area contributed by atoms with Crippen LogP contribution >= 0.6 is 0 Å². The van der Waals surface area contributed by atoms with Crippen LogP contribution in [0.15, 0.2) is 45.9 Å². The third-order valence-electron chi connectivity index (χ3n) is 4.83. The minimum Gasteiger partial charge on any atom is -0.287 e. The minimum absolute atomic E-state index is 0.0579. The lowest BCUT2D eigenvalue weighted by molar-refractivity contribution is -0.383. The number of hydrogen-bond donors (Lipinski definition) is 2. The smallest absolute Gasteiger partial charge is 0.287 e. The van der Waals surface area contributed by atoms with Crippen LogP contribution < -0.4 is 10.1 Å². The number of primary sulfonamides is 1. The van der Waals surface area contributed by atoms with E-state index in [1.165, 1.54) is 24.1 Å². The van der Waals surface area contributed by atoms with Gasteiger partial charge in [0.15, 0.2) is 5.92 Å². The standard InChI is InChI=1S/C18H21N5O4S/c1-11-10-21-16-14(17(24)23(3)18(25)22(16)2)15(11)20-9-8-12-4-6-13(7-5-12)28(19,26)27/h4-7,10,14H,8-9H2,1-3H3,(H2,19,26,27)/p+1. The van der Waals surface area contributed by atoms with Gasteiger partial charge in [-0.3, -0.25) is 9.79 Å². The van der Waals surface area contributed by atoms with Crippen molar-refractivity contribution in [1.82, 2.24) is 9.80 Å². The van der Waals surface area contributed by atoms with Gasteiger partial charge in [0.2, 0.25) is 10.0 Å². The lowest BCUT2D eigenvalue weighted by Crippen LogP contribution is -2.80. The van der Waals surface area contributed by atoms with Gasteiger partial charge in [0.1, 0.15) is 0 Å². The average molecular weight is 404 g/mol. The van der Waals surface area contributed by atoms with Crippen molar-refractivity contribution < 1.29 is 23.0 Å². The summed E-state index contributed by atoms with van der Waals surface area (Å²) in [5.74, 6) is -0.480. The summed E-state index contributed by atoms with van der Waals surface area (Å²) in [4.78, 5) is 35.0. The third kappa shape index (κ3) is 3.60. The highest BCUT2D eigenvalue weighted by Crippen LogP contribution is 2.21. The molecule has 0 aliphatic carbocycles. The summed E-state index contributed by atoms with van der Waals surface area (Å²) in [6, 6.07) is 5.90. The van der Waals surface area contributed by atoms with Crippen molar-refractivity contribution in [2.24, 2.45) is 16.0 Å². The van der Waals surface area contributed by atoms with Crippen LogP contribution in [0.3, 0.4) is 0 Å². The first-order chi connectivity index (χ1) is 13.1. The number of allylic oxidation sites excluding steroid dienone is 1. The number of fused-ring (bicyclic) bond motifs is 1. The van der Waals surface area contributed by atoms with Gasteiger partial charge < -0.3 is 0 Å². The van der Waals surface area contributed by atoms with E-state index in [2.05, 4.69) is 9.98 Å². The zero-order valence-corrected chi connectivity index (χ0v) is 16.7. The van der Waals surface area contributed by atoms with E-state index in [1.54, 1.807) is 25.4 Å². The summed E-state index contributed by atoms with van der Waals surface area (Å²) in [5.41, 5.74) is 2.34. The van der Waals surface area contributed by atoms with Crippen LogP contribution in [0.1, 0.15) is 12.5 Å². The maximum atomic E-state index is 12.7. The molecule has 2 aliphatic heterocycles. The fraction of sp³-hybridized carbons (Fsp3) is 0.333. The summed E-state index contributed by atoms with van der Waals surface area (Å²) < 4.78 is 22.6. The van der Waals surface area contributed by atoms with Gasteiger partial charge in [0.05, 0.1) is 23.9 Å². The molecule has 28 heavy (non-hydrogen) atoms. The van der Waals surface area contributed by atoms with Crippen molar-refractivity contribution >= 4 is 33.5 Å². The zero-order chi connectivity index (χ0) is 20.6. The number of amides is 3. The van der Waals surface area contributed by atoms with Crippen LogP contribution in [-0.2, 0) is 21.2 Å². The van der Waals surface area contributed by atoms with E-state index in [-0.39, 0.29) is 10.8 Å². The first kappa shape index (κ1) is 19.9. The van der Waals surface area contributed by atoms with Gasteiger partial charge >= 0.3 is 6.03 Å². The molecule has 3 rings (SSSR count). The molecule has 3 N–H and O–H groups in total. The molecule has 1 saturated heterocycles. The number of rotatable bonds is 4. The number of nitrogens with one attached hydrogen (secondary N) is 1. The number of carbonyl (C=O) groups is 2. The first-order valence-electron chi connectivity index (χ1n) is 8.63. The van der Waals surface area contributed by atoms with Crippen LogP contribution in [0.5, 0.6) is 0 Å². The van der Waals surface area contributed by atoms with Crippen molar-refractivity contribution in [2.75, 3.05) is 20.6 Å². The number of nitrogens with two attached hydrogens (primary N) is 1. The molecule has 0 saturated carbocycles. The summed E-state index contributed by atoms with van der Waals surface area (Å²) in [7, 11) is -0.652. The maximum Gasteiger partial charge on any atom is 0.417 e. The molecule has 2 heterocycles. The molecule has 148 valence electrons. The van der Waals surface area contributed by atoms with Crippen molar-refractivity contribution in [3.05, 3.63) is 41.6 Å². The number of nitrogens with zero attached hydrogens (tertiary/aromatic N) is 3. The number of benzene rings is 1. The SMILES string of the molecule is CC1=C[NH+]=C2C(C(=O)N(C)C(=O)N2C)C1=NCCc1ccc(S(N)(=O)=O)cc1. The van der Waals surface area contributed by atoms with Crippen molar-refractivity contribution in [1.29, 1.82) is 0 Å². The van der Waals surface area contributed by atoms with Gasteiger partial charge in [-0.2, -0.15) is 4.90 Å². The number of amidine groups is 1. The van der Waals surface area contributed by atoms with Gasteiger partial charge in [-0.15, -0.1) is 0 Å². The van der Waals surface area contributed by atoms with E-state index in [0.717, 1.165) is 16.0 Å². The second-order valence-electron chi connectivity index (χ2n) is 6.73. The summed E-state index contributed by atoms with van der Waals surface area (Å²) >= 11 is 0. The van der Waals surface area contributed by atoms with E-state index < -0.39 is 22.0 Å². The van der Waals surface area contributed by atoms with Gasteiger partial charge in [-0.05, 0) is 31.0 Å². The Kier molecular flexibility index (Phi) is 5.18. The van der Waals surface area contributed by atoms with Crippen molar-refractivity contribution in [2.45, 2.75) is 18.2 Å². The molecule has 10 heteroatoms. The Hall–Kier alpha value is -2.85. The molecule has 9 nitrogen and oxygen atoms in total. The highest BCUT2D eigenvalue weighted by Gasteiger charge is 2.50. The molecule has 0 spiro atoms. The fourth-order valence-electron chi connectivity index (χ4n) is 3.20. The number of carbonyl (C=O) groups excluding carboxylic acids is 2. The van der Waals surface area contributed by atoms with Crippen LogP contribution in [0.4, 0.5) is 4.79 Å². The summed E-state index contributed by atoms with van der Waals surface area (Å²) in [6.07, 6.45) is 2.30. The van der Waals surface area contributed by atoms with Crippen molar-refractivity contribution in [3.63, 3.8) is 0 Å². The third-order valence-corrected chi connectivity index (χ3v) is 5.76. The molecular formula is C18H22N5O4S+. The highest BCUT2D eigenvalue weighted by atomic mass is 32.2. The Morgan fingerprint density at radius 3 is 2.39 bits per heavy atom. The fourth-order valence-corrected chi connectivity index (χ4v) is 3.72. The Balaban J connectivity index is 1.80. The average Bonchev–Trinajstić information content (AvgIpc) is 2.65. The predicted octanol–water partition coefficient (Wildman–Crippen LogP) is -1.15. The van der Waals surface area contributed by atoms with Crippen LogP contribution in [0.2, 0.25) is 0 Å². The number of imide groups is 1. The zero-order valence-electron chi connectivity index (χ0n) is 15.8. The monoisotopic (exact) mass is 404 g/mol. The van der Waals surface area contributed by atoms with Crippen LogP contribution in [-0.4, -0.2) is 62.3 Å². The first-order valence-corrected chi connectivity index (χ1v) is 10.2. The molecule has 1 aromatic carbocycles. The molecular weight excluding hydrogens is 382 g/mol. The lowest BCUT2D eigenvalue weighted by Gasteiger charge is -2.32. The van der Waals surface area contributed by atoms with E-state index in [0.29, 0.717) is 24.5 Å². The van der Waals surface area contributed by atoms with Gasteiger partial charge in [-0.25, -0.2) is 28.2 Å². The summed E-state index contributed by atoms with van der Waals surface area (Å²) in [5, 5.41) is 5.10. The highest BCUT2D eigenvalue weighted by molar-refractivity contribution is 7.89. The number of hydrogen-bond acceptors (Lipinski definition) is 5. The largest absolute Gasteiger partial charge is 0.417 e. The number of sulfonamides is 1. The normalized spacial score (nSPS) is 21.6. The molecule has 1 atom stereocenters. The molecule has 2 aliphatic rings. The lowest BCUT2D eigenvalue weighted by atomic mass is 9.91. The van der Waals surface area contributed by atoms with E-state index >= 15 is 0 Å². The van der Waals surface area contributed by atoms with E-state index in [1.807, 2.05) is 6.92 Å². The quantitative estimate of drug-likeness (QED) is 0.657. The van der Waals surface area contributed by atoms with Crippen molar-refractivity contribution in [3.8, 4) is 0 Å². The van der Waals surface area contributed by atoms with E-state index in [9.17, 15) is 18.0 Å². The molecule has 1 aromatic rings. The Bertz CT molecular complexity index is 1020. The maximum absolute atomic E-state index is 12.7. The van der Waals surface area contributed by atoms with Crippen LogP contribution in [0, 0.1) is 5.92 Å². The topological polar surface area (TPSA) is 127 Å². The Labute approximate surface area is 163 Å². The van der Waals surface area contributed by atoms with Gasteiger partial charge in [-0.1, -0.05) is 12.1 Å². The van der Waals surface area contributed by atoms with Gasteiger partial charge in [0, 0.05) is 19.2 Å². The van der Waals surface area contributed by atoms with E-state index in [4.69, 9.17) is 5.14 Å². The van der Waals surface area contributed by atoms with Crippen LogP contribution in [0.25, 0.3) is 0 Å². The molecule has 1 unspecified atom stereocenters. The Morgan fingerprint density at radius 1 is 1.14 bits per heavy atom. The minimum atomic E-state index is -3.72.